The Hall–Kier alpha value is -7.10. The summed E-state index contributed by atoms with van der Waals surface area (Å²) in [4.78, 5) is 10.1. The molecule has 0 fully saturated rings. The third-order valence-corrected chi connectivity index (χ3v) is 12.4. The van der Waals surface area contributed by atoms with E-state index in [1.54, 1.807) is 0 Å². The minimum Gasteiger partial charge on any atom is -0.309 e. The molecule has 3 nitrogen and oxygen atoms in total. The number of para-hydroxylation sites is 2. The predicted molar refractivity (Wildman–Crippen MR) is 235 cm³/mol. The summed E-state index contributed by atoms with van der Waals surface area (Å²) in [6, 6.07) is 62.1. The molecule has 0 spiro atoms. The monoisotopic (exact) mass is 713 g/mol. The second-order valence-corrected chi connectivity index (χ2v) is 15.7. The lowest BCUT2D eigenvalue weighted by atomic mass is 9.80. The fourth-order valence-electron chi connectivity index (χ4n) is 9.92. The Labute approximate surface area is 324 Å². The van der Waals surface area contributed by atoms with Gasteiger partial charge < -0.3 is 4.57 Å². The molecule has 0 aliphatic heterocycles. The number of rotatable bonds is 3. The highest BCUT2D eigenvalue weighted by atomic mass is 15.0. The lowest BCUT2D eigenvalue weighted by Gasteiger charge is -2.24. The summed E-state index contributed by atoms with van der Waals surface area (Å²) >= 11 is 0. The van der Waals surface area contributed by atoms with E-state index in [-0.39, 0.29) is 5.41 Å². The summed E-state index contributed by atoms with van der Waals surface area (Å²) < 4.78 is 2.48. The molecule has 12 rings (SSSR count). The van der Waals surface area contributed by atoms with Gasteiger partial charge in [0.2, 0.25) is 0 Å². The highest BCUT2D eigenvalue weighted by Crippen LogP contribution is 2.54. The van der Waals surface area contributed by atoms with Crippen LogP contribution in [0.25, 0.3) is 104 Å². The van der Waals surface area contributed by atoms with Crippen LogP contribution in [-0.2, 0) is 5.41 Å². The van der Waals surface area contributed by atoms with Crippen molar-refractivity contribution in [1.82, 2.24) is 14.5 Å². The van der Waals surface area contributed by atoms with Crippen LogP contribution in [0.5, 0.6) is 0 Å². The van der Waals surface area contributed by atoms with Crippen LogP contribution in [0, 0.1) is 0 Å². The first-order valence-electron chi connectivity index (χ1n) is 19.4. The van der Waals surface area contributed by atoms with Crippen molar-refractivity contribution in [1.29, 1.82) is 0 Å². The summed E-state index contributed by atoms with van der Waals surface area (Å²) in [5.41, 5.74) is 15.3. The van der Waals surface area contributed by atoms with Crippen LogP contribution in [0.1, 0.15) is 25.0 Å². The highest BCUT2D eigenvalue weighted by Gasteiger charge is 2.39. The van der Waals surface area contributed by atoms with E-state index in [1.807, 2.05) is 12.3 Å². The molecule has 3 heteroatoms. The molecule has 56 heavy (non-hydrogen) atoms. The van der Waals surface area contributed by atoms with E-state index in [1.165, 1.54) is 82.4 Å². The summed E-state index contributed by atoms with van der Waals surface area (Å²) in [6.45, 7) is 4.83. The maximum Gasteiger partial charge on any atom is 0.0972 e. The van der Waals surface area contributed by atoms with Gasteiger partial charge >= 0.3 is 0 Å². The molecule has 0 unspecified atom stereocenters. The van der Waals surface area contributed by atoms with Crippen molar-refractivity contribution in [3.63, 3.8) is 0 Å². The van der Waals surface area contributed by atoms with Gasteiger partial charge in [0.1, 0.15) is 0 Å². The first-order valence-corrected chi connectivity index (χ1v) is 19.4. The molecule has 8 aromatic carbocycles. The van der Waals surface area contributed by atoms with E-state index in [9.17, 15) is 0 Å². The number of aromatic nitrogens is 3. The molecule has 0 radical (unpaired) electrons. The highest BCUT2D eigenvalue weighted by molar-refractivity contribution is 6.22. The van der Waals surface area contributed by atoms with E-state index in [0.717, 1.165) is 33.1 Å². The smallest absolute Gasteiger partial charge is 0.0972 e. The average Bonchev–Trinajstić information content (AvgIpc) is 3.70. The Bertz CT molecular complexity index is 3390. The molecular formula is C53H35N3. The second kappa shape index (κ2) is 11.5. The molecule has 11 aromatic rings. The molecule has 1 aliphatic rings. The van der Waals surface area contributed by atoms with E-state index in [4.69, 9.17) is 9.97 Å². The SMILES string of the molecule is CC1(C)c2cc(-c3c4ccccc4c(-c4ccc5ccc6cccnc6c5n4)c4ccccc34)ccc2-c2ccc3c4ccccc4n(-c4ccccc4)c3c21. The number of pyridine rings is 2. The Kier molecular flexibility index (Phi) is 6.40. The van der Waals surface area contributed by atoms with Crippen LogP contribution in [-0.4, -0.2) is 14.5 Å². The third kappa shape index (κ3) is 4.23. The first-order chi connectivity index (χ1) is 27.6. The van der Waals surface area contributed by atoms with Crippen LogP contribution < -0.4 is 0 Å². The van der Waals surface area contributed by atoms with Crippen molar-refractivity contribution in [2.45, 2.75) is 19.3 Å². The molecule has 262 valence electrons. The van der Waals surface area contributed by atoms with Gasteiger partial charge in [-0.3, -0.25) is 4.98 Å². The van der Waals surface area contributed by atoms with Gasteiger partial charge in [-0.15, -0.1) is 0 Å². The van der Waals surface area contributed by atoms with Crippen molar-refractivity contribution in [3.05, 3.63) is 187 Å². The summed E-state index contributed by atoms with van der Waals surface area (Å²) in [5.74, 6) is 0. The molecule has 1 aliphatic carbocycles. The number of nitrogens with zero attached hydrogens (tertiary/aromatic N) is 3. The van der Waals surface area contributed by atoms with Gasteiger partial charge in [-0.05, 0) is 91.3 Å². The Balaban J connectivity index is 1.10. The van der Waals surface area contributed by atoms with Crippen LogP contribution in [0.2, 0.25) is 0 Å². The van der Waals surface area contributed by atoms with E-state index in [2.05, 4.69) is 182 Å². The second-order valence-electron chi connectivity index (χ2n) is 15.7. The molecule has 3 aromatic heterocycles. The number of hydrogen-bond acceptors (Lipinski definition) is 2. The maximum absolute atomic E-state index is 5.37. The van der Waals surface area contributed by atoms with Crippen LogP contribution in [0.4, 0.5) is 0 Å². The minimum atomic E-state index is -0.252. The maximum atomic E-state index is 5.37. The van der Waals surface area contributed by atoms with E-state index < -0.39 is 0 Å². The zero-order chi connectivity index (χ0) is 37.1. The lowest BCUT2D eigenvalue weighted by Crippen LogP contribution is -2.16. The quantitative estimate of drug-likeness (QED) is 0.135. The van der Waals surface area contributed by atoms with Crippen LogP contribution in [0.15, 0.2) is 176 Å². The van der Waals surface area contributed by atoms with Gasteiger partial charge in [0.25, 0.3) is 0 Å². The summed E-state index contributed by atoms with van der Waals surface area (Å²) in [5, 5.41) is 9.59. The van der Waals surface area contributed by atoms with Gasteiger partial charge in [-0.2, -0.15) is 0 Å². The molecule has 0 saturated heterocycles. The molecular weight excluding hydrogens is 679 g/mol. The molecule has 0 N–H and O–H groups in total. The van der Waals surface area contributed by atoms with Gasteiger partial charge in [0, 0.05) is 44.4 Å². The average molecular weight is 714 g/mol. The van der Waals surface area contributed by atoms with E-state index >= 15 is 0 Å². The summed E-state index contributed by atoms with van der Waals surface area (Å²) in [6.07, 6.45) is 1.86. The Morgan fingerprint density at radius 3 is 1.86 bits per heavy atom. The lowest BCUT2D eigenvalue weighted by molar-refractivity contribution is 0.664. The Morgan fingerprint density at radius 1 is 0.482 bits per heavy atom. The number of hydrogen-bond donors (Lipinski definition) is 0. The van der Waals surface area contributed by atoms with Crippen molar-refractivity contribution >= 4 is 65.2 Å². The Morgan fingerprint density at radius 2 is 1.11 bits per heavy atom. The first kappa shape index (κ1) is 31.3. The van der Waals surface area contributed by atoms with Crippen molar-refractivity contribution < 1.29 is 0 Å². The van der Waals surface area contributed by atoms with Crippen LogP contribution in [0.3, 0.4) is 0 Å². The zero-order valence-corrected chi connectivity index (χ0v) is 31.1. The fourth-order valence-corrected chi connectivity index (χ4v) is 9.92. The van der Waals surface area contributed by atoms with Gasteiger partial charge in [0.05, 0.1) is 27.8 Å². The van der Waals surface area contributed by atoms with Crippen molar-refractivity contribution in [2.75, 3.05) is 0 Å². The normalized spacial score (nSPS) is 13.3. The molecule has 0 amide bonds. The minimum absolute atomic E-state index is 0.252. The standard InChI is InChI=1S/C53H35N3/c1-53(2)44-31-34(24-26-36(44)42-27-28-43-37-16-10-11-21-46(37)56(52(43)49(42)53)35-14-4-3-5-15-35)47-38-17-6-8-19-40(38)48(41-20-9-7-18-39(41)47)45-29-25-33-23-22-32-13-12-30-54-50(32)51(33)55-45/h3-31H,1-2H3. The number of benzene rings is 8. The van der Waals surface area contributed by atoms with Gasteiger partial charge in [0.15, 0.2) is 0 Å². The molecule has 0 atom stereocenters. The third-order valence-electron chi connectivity index (χ3n) is 12.4. The number of fused-ring (bicyclic) bond motifs is 12. The largest absolute Gasteiger partial charge is 0.309 e. The van der Waals surface area contributed by atoms with Crippen molar-refractivity contribution in [2.24, 2.45) is 0 Å². The molecule has 0 saturated carbocycles. The fraction of sp³-hybridized carbons (Fsp3) is 0.0566. The van der Waals surface area contributed by atoms with Gasteiger partial charge in [-0.25, -0.2) is 4.98 Å². The zero-order valence-electron chi connectivity index (χ0n) is 31.1. The van der Waals surface area contributed by atoms with Crippen molar-refractivity contribution in [3.8, 4) is 39.2 Å². The summed E-state index contributed by atoms with van der Waals surface area (Å²) in [7, 11) is 0. The molecule has 0 bridgehead atoms. The topological polar surface area (TPSA) is 30.7 Å². The van der Waals surface area contributed by atoms with Gasteiger partial charge in [-0.1, -0.05) is 147 Å². The molecule has 3 heterocycles. The van der Waals surface area contributed by atoms with E-state index in [0.29, 0.717) is 0 Å². The predicted octanol–water partition coefficient (Wildman–Crippen LogP) is 13.8. The van der Waals surface area contributed by atoms with Crippen LogP contribution >= 0.6 is 0 Å².